The first-order valence-corrected chi connectivity index (χ1v) is 12.3. The molecule has 2 aromatic carbocycles. The number of anilines is 2. The Labute approximate surface area is 208 Å². The number of hydrogen-bond donors (Lipinski definition) is 0. The average Bonchev–Trinajstić information content (AvgIpc) is 3.43. The monoisotopic (exact) mass is 489 g/mol. The lowest BCUT2D eigenvalue weighted by atomic mass is 10.1. The summed E-state index contributed by atoms with van der Waals surface area (Å²) in [5, 5.41) is 2.30. The van der Waals surface area contributed by atoms with Crippen LogP contribution < -0.4 is 9.64 Å². The van der Waals surface area contributed by atoms with Crippen LogP contribution in [0.15, 0.2) is 58.5 Å². The third kappa shape index (κ3) is 5.66. The van der Waals surface area contributed by atoms with E-state index in [1.807, 2.05) is 56.3 Å². The number of rotatable bonds is 8. The zero-order chi connectivity index (χ0) is 24.9. The number of unbranched alkanes of at least 4 members (excludes halogenated alkanes) is 1. The van der Waals surface area contributed by atoms with Gasteiger partial charge in [-0.25, -0.2) is 14.8 Å². The number of aromatic nitrogens is 1. The van der Waals surface area contributed by atoms with Gasteiger partial charge in [0.1, 0.15) is 5.75 Å². The average molecular weight is 490 g/mol. The van der Waals surface area contributed by atoms with Crippen LogP contribution in [0.5, 0.6) is 5.75 Å². The van der Waals surface area contributed by atoms with E-state index in [2.05, 4.69) is 16.9 Å². The van der Waals surface area contributed by atoms with Gasteiger partial charge in [0.05, 0.1) is 18.0 Å². The third-order valence-electron chi connectivity index (χ3n) is 5.54. The summed E-state index contributed by atoms with van der Waals surface area (Å²) in [4.78, 5) is 35.3. The predicted octanol–water partition coefficient (Wildman–Crippen LogP) is 5.97. The standard InChI is InChI=1S/C27H27N3O4S/c1-5-6-13-33-23-11-8-20(9-12-23)25-29-24(26(32)34-25)15-21-16-35-27(28-21)30(19(4)31)22-10-7-17(2)18(3)14-22/h7-12,14-16H,5-6,13H2,1-4H3/b24-15-. The number of cyclic esters (lactones) is 1. The molecule has 0 fully saturated rings. The maximum atomic E-state index is 12.4. The van der Waals surface area contributed by atoms with Crippen LogP contribution >= 0.6 is 11.3 Å². The van der Waals surface area contributed by atoms with Crippen molar-refractivity contribution in [2.75, 3.05) is 11.5 Å². The SMILES string of the molecule is CCCCOc1ccc(C2=N/C(=C\c3csc(N(C(C)=O)c4ccc(C)c(C)c4)n3)C(=O)O2)cc1. The first-order valence-electron chi connectivity index (χ1n) is 11.4. The molecule has 1 aromatic heterocycles. The van der Waals surface area contributed by atoms with Crippen LogP contribution in [0.25, 0.3) is 6.08 Å². The molecule has 2 heterocycles. The fourth-order valence-electron chi connectivity index (χ4n) is 3.44. The largest absolute Gasteiger partial charge is 0.494 e. The summed E-state index contributed by atoms with van der Waals surface area (Å²) in [5.74, 6) is 0.300. The molecule has 3 aromatic rings. The van der Waals surface area contributed by atoms with Crippen molar-refractivity contribution in [3.8, 4) is 5.75 Å². The van der Waals surface area contributed by atoms with E-state index >= 15 is 0 Å². The molecule has 0 saturated carbocycles. The van der Waals surface area contributed by atoms with Gasteiger partial charge in [0.2, 0.25) is 11.8 Å². The molecule has 7 nitrogen and oxygen atoms in total. The lowest BCUT2D eigenvalue weighted by Crippen LogP contribution is -2.22. The normalized spacial score (nSPS) is 14.1. The van der Waals surface area contributed by atoms with Crippen molar-refractivity contribution in [2.45, 2.75) is 40.5 Å². The second-order valence-electron chi connectivity index (χ2n) is 8.24. The van der Waals surface area contributed by atoms with Crippen LogP contribution in [-0.2, 0) is 14.3 Å². The highest BCUT2D eigenvalue weighted by Crippen LogP contribution is 2.31. The number of carbonyl (C=O) groups excluding carboxylic acids is 2. The lowest BCUT2D eigenvalue weighted by molar-refractivity contribution is -0.130. The van der Waals surface area contributed by atoms with E-state index in [0.717, 1.165) is 35.4 Å². The number of thiazole rings is 1. The molecule has 1 aliphatic heterocycles. The van der Waals surface area contributed by atoms with Gasteiger partial charge < -0.3 is 9.47 Å². The summed E-state index contributed by atoms with van der Waals surface area (Å²) in [6.45, 7) is 8.30. The van der Waals surface area contributed by atoms with Gasteiger partial charge in [0, 0.05) is 17.9 Å². The third-order valence-corrected chi connectivity index (χ3v) is 6.38. The Bertz CT molecular complexity index is 1310. The smallest absolute Gasteiger partial charge is 0.363 e. The molecule has 35 heavy (non-hydrogen) atoms. The fourth-order valence-corrected chi connectivity index (χ4v) is 4.28. The number of aliphatic imine (C=N–C) groups is 1. The first-order chi connectivity index (χ1) is 16.9. The van der Waals surface area contributed by atoms with Gasteiger partial charge >= 0.3 is 5.97 Å². The zero-order valence-corrected chi connectivity index (χ0v) is 21.0. The van der Waals surface area contributed by atoms with Crippen molar-refractivity contribution < 1.29 is 19.1 Å². The van der Waals surface area contributed by atoms with E-state index in [0.29, 0.717) is 23.0 Å². The van der Waals surface area contributed by atoms with Gasteiger partial charge in [0.15, 0.2) is 10.8 Å². The number of amides is 1. The number of ether oxygens (including phenoxy) is 2. The van der Waals surface area contributed by atoms with Crippen molar-refractivity contribution in [2.24, 2.45) is 4.99 Å². The topological polar surface area (TPSA) is 81.1 Å². The molecule has 0 unspecified atom stereocenters. The molecule has 0 aliphatic carbocycles. The van der Waals surface area contributed by atoms with E-state index < -0.39 is 5.97 Å². The van der Waals surface area contributed by atoms with E-state index in [-0.39, 0.29) is 17.5 Å². The summed E-state index contributed by atoms with van der Waals surface area (Å²) in [6.07, 6.45) is 3.63. The van der Waals surface area contributed by atoms with Crippen LogP contribution in [0.3, 0.4) is 0 Å². The minimum Gasteiger partial charge on any atom is -0.494 e. The molecular formula is C27H27N3O4S. The van der Waals surface area contributed by atoms with Crippen LogP contribution in [0.4, 0.5) is 10.8 Å². The minimum absolute atomic E-state index is 0.149. The second-order valence-corrected chi connectivity index (χ2v) is 9.08. The van der Waals surface area contributed by atoms with Crippen molar-refractivity contribution in [3.63, 3.8) is 0 Å². The maximum Gasteiger partial charge on any atom is 0.363 e. The highest BCUT2D eigenvalue weighted by molar-refractivity contribution is 7.14. The molecular weight excluding hydrogens is 462 g/mol. The number of benzene rings is 2. The van der Waals surface area contributed by atoms with Crippen LogP contribution in [0.1, 0.15) is 49.1 Å². The van der Waals surface area contributed by atoms with Crippen molar-refractivity contribution in [3.05, 3.63) is 75.9 Å². The molecule has 8 heteroatoms. The Morgan fingerprint density at radius 2 is 1.91 bits per heavy atom. The number of aryl methyl sites for hydroxylation is 2. The molecule has 4 rings (SSSR count). The van der Waals surface area contributed by atoms with Crippen molar-refractivity contribution in [1.29, 1.82) is 0 Å². The number of carbonyl (C=O) groups is 2. The Hall–Kier alpha value is -3.78. The molecule has 180 valence electrons. The van der Waals surface area contributed by atoms with Gasteiger partial charge in [-0.05, 0) is 73.9 Å². The molecule has 1 amide bonds. The van der Waals surface area contributed by atoms with Gasteiger partial charge in [-0.1, -0.05) is 19.4 Å². The number of hydrogen-bond acceptors (Lipinski definition) is 7. The van der Waals surface area contributed by atoms with Gasteiger partial charge in [-0.15, -0.1) is 11.3 Å². The summed E-state index contributed by atoms with van der Waals surface area (Å²) >= 11 is 1.32. The molecule has 1 aliphatic rings. The molecule has 0 atom stereocenters. The highest BCUT2D eigenvalue weighted by Gasteiger charge is 2.25. The fraction of sp³-hybridized carbons (Fsp3) is 0.259. The van der Waals surface area contributed by atoms with Crippen molar-refractivity contribution >= 4 is 46.0 Å². The van der Waals surface area contributed by atoms with Crippen molar-refractivity contribution in [1.82, 2.24) is 4.98 Å². The summed E-state index contributed by atoms with van der Waals surface area (Å²) in [6, 6.07) is 13.1. The minimum atomic E-state index is -0.546. The molecule has 0 bridgehead atoms. The van der Waals surface area contributed by atoms with Gasteiger partial charge in [-0.2, -0.15) is 0 Å². The van der Waals surface area contributed by atoms with E-state index in [9.17, 15) is 9.59 Å². The molecule has 0 spiro atoms. The maximum absolute atomic E-state index is 12.4. The Morgan fingerprint density at radius 1 is 1.14 bits per heavy atom. The Balaban J connectivity index is 1.54. The Kier molecular flexibility index (Phi) is 7.41. The van der Waals surface area contributed by atoms with Crippen LogP contribution in [0.2, 0.25) is 0 Å². The van der Waals surface area contributed by atoms with E-state index in [1.165, 1.54) is 18.3 Å². The van der Waals surface area contributed by atoms with E-state index in [4.69, 9.17) is 9.47 Å². The van der Waals surface area contributed by atoms with Gasteiger partial charge in [-0.3, -0.25) is 9.69 Å². The molecule has 0 saturated heterocycles. The predicted molar refractivity (Wildman–Crippen MR) is 138 cm³/mol. The number of nitrogens with zero attached hydrogens (tertiary/aromatic N) is 3. The lowest BCUT2D eigenvalue weighted by Gasteiger charge is -2.19. The van der Waals surface area contributed by atoms with Gasteiger partial charge in [0.25, 0.3) is 0 Å². The highest BCUT2D eigenvalue weighted by atomic mass is 32.1. The Morgan fingerprint density at radius 3 is 2.60 bits per heavy atom. The first kappa shape index (κ1) is 24.3. The summed E-state index contributed by atoms with van der Waals surface area (Å²) < 4.78 is 11.0. The van der Waals surface area contributed by atoms with Crippen LogP contribution in [0, 0.1) is 13.8 Å². The summed E-state index contributed by atoms with van der Waals surface area (Å²) in [7, 11) is 0. The quantitative estimate of drug-likeness (QED) is 0.221. The molecule has 0 radical (unpaired) electrons. The summed E-state index contributed by atoms with van der Waals surface area (Å²) in [5.41, 5.74) is 4.34. The molecule has 0 N–H and O–H groups in total. The zero-order valence-electron chi connectivity index (χ0n) is 20.2. The number of esters is 1. The second kappa shape index (κ2) is 10.7. The van der Waals surface area contributed by atoms with Crippen LogP contribution in [-0.4, -0.2) is 29.4 Å². The van der Waals surface area contributed by atoms with E-state index in [1.54, 1.807) is 16.4 Å².